The summed E-state index contributed by atoms with van der Waals surface area (Å²) >= 11 is 11.9. The average molecular weight is 347 g/mol. The molecule has 1 N–H and O–H groups in total. The van der Waals surface area contributed by atoms with Gasteiger partial charge in [0, 0.05) is 5.92 Å². The summed E-state index contributed by atoms with van der Waals surface area (Å²) in [7, 11) is 0. The molecule has 1 amide bonds. The van der Waals surface area contributed by atoms with Gasteiger partial charge in [-0.05, 0) is 42.5 Å². The Morgan fingerprint density at radius 2 is 1.87 bits per heavy atom. The van der Waals surface area contributed by atoms with Crippen molar-refractivity contribution in [2.45, 2.75) is 19.3 Å². The van der Waals surface area contributed by atoms with Crippen molar-refractivity contribution in [2.75, 3.05) is 0 Å². The van der Waals surface area contributed by atoms with Crippen molar-refractivity contribution in [2.24, 2.45) is 11.0 Å². The molecule has 2 atom stereocenters. The molecule has 2 aromatic rings. The van der Waals surface area contributed by atoms with Crippen LogP contribution in [0.4, 0.5) is 0 Å². The number of benzene rings is 2. The van der Waals surface area contributed by atoms with E-state index in [0.29, 0.717) is 21.7 Å². The number of rotatable bonds is 4. The van der Waals surface area contributed by atoms with Crippen LogP contribution in [0.2, 0.25) is 10.0 Å². The molecule has 0 unspecified atom stereocenters. The molecule has 0 heterocycles. The van der Waals surface area contributed by atoms with Crippen molar-refractivity contribution in [1.82, 2.24) is 5.43 Å². The van der Waals surface area contributed by atoms with Gasteiger partial charge in [-0.2, -0.15) is 5.10 Å². The fourth-order valence-electron chi connectivity index (χ4n) is 2.56. The van der Waals surface area contributed by atoms with Crippen LogP contribution in [0, 0.1) is 5.92 Å². The van der Waals surface area contributed by atoms with Crippen molar-refractivity contribution >= 4 is 34.8 Å². The van der Waals surface area contributed by atoms with Crippen molar-refractivity contribution in [3.05, 3.63) is 69.7 Å². The van der Waals surface area contributed by atoms with E-state index in [1.54, 1.807) is 12.1 Å². The van der Waals surface area contributed by atoms with Crippen molar-refractivity contribution < 1.29 is 4.79 Å². The van der Waals surface area contributed by atoms with Gasteiger partial charge in [0.2, 0.25) is 5.91 Å². The number of carbonyl (C=O) groups is 1. The molecule has 0 saturated heterocycles. The van der Waals surface area contributed by atoms with E-state index in [9.17, 15) is 4.79 Å². The molecule has 1 aliphatic carbocycles. The van der Waals surface area contributed by atoms with E-state index in [2.05, 4.69) is 22.7 Å². The minimum absolute atomic E-state index is 0.00255. The van der Waals surface area contributed by atoms with Crippen LogP contribution in [-0.4, -0.2) is 11.6 Å². The standard InChI is InChI=1S/C18H16Cl2N2O/c1-11(13-7-8-16(19)17(20)9-13)21-22-18(23)15-10-14(15)12-5-3-2-4-6-12/h2-9,14-15H,10H2,1H3,(H,22,23)/b21-11-/t14-,15-/m1/s1. The first-order valence-electron chi connectivity index (χ1n) is 7.41. The second-order valence-electron chi connectivity index (χ2n) is 5.66. The van der Waals surface area contributed by atoms with Crippen LogP contribution in [-0.2, 0) is 4.79 Å². The third-order valence-corrected chi connectivity index (χ3v) is 4.77. The molecule has 3 nitrogen and oxygen atoms in total. The third kappa shape index (κ3) is 3.74. The number of hydrogen-bond acceptors (Lipinski definition) is 2. The fourth-order valence-corrected chi connectivity index (χ4v) is 2.86. The van der Waals surface area contributed by atoms with Gasteiger partial charge in [0.15, 0.2) is 0 Å². The van der Waals surface area contributed by atoms with E-state index < -0.39 is 0 Å². The monoisotopic (exact) mass is 346 g/mol. The van der Waals surface area contributed by atoms with E-state index >= 15 is 0 Å². The smallest absolute Gasteiger partial charge is 0.243 e. The van der Waals surface area contributed by atoms with Crippen LogP contribution in [0.3, 0.4) is 0 Å². The van der Waals surface area contributed by atoms with Gasteiger partial charge in [-0.25, -0.2) is 5.43 Å². The summed E-state index contributed by atoms with van der Waals surface area (Å²) in [6.45, 7) is 1.82. The van der Waals surface area contributed by atoms with Crippen molar-refractivity contribution in [3.8, 4) is 0 Å². The highest BCUT2D eigenvalue weighted by Gasteiger charge is 2.43. The van der Waals surface area contributed by atoms with Gasteiger partial charge in [-0.1, -0.05) is 59.6 Å². The van der Waals surface area contributed by atoms with Gasteiger partial charge in [0.05, 0.1) is 15.8 Å². The van der Waals surface area contributed by atoms with E-state index in [-0.39, 0.29) is 11.8 Å². The second-order valence-corrected chi connectivity index (χ2v) is 6.48. The van der Waals surface area contributed by atoms with Crippen LogP contribution in [0.1, 0.15) is 30.4 Å². The first-order chi connectivity index (χ1) is 11.1. The fraction of sp³-hybridized carbons (Fsp3) is 0.222. The summed E-state index contributed by atoms with van der Waals surface area (Å²) in [5.74, 6) is 0.262. The lowest BCUT2D eigenvalue weighted by Gasteiger charge is -2.04. The van der Waals surface area contributed by atoms with E-state index in [1.807, 2.05) is 31.2 Å². The van der Waals surface area contributed by atoms with Crippen LogP contribution in [0.15, 0.2) is 53.6 Å². The minimum atomic E-state index is -0.0433. The van der Waals surface area contributed by atoms with Gasteiger partial charge >= 0.3 is 0 Å². The molecule has 5 heteroatoms. The number of carbonyl (C=O) groups excluding carboxylic acids is 1. The zero-order valence-electron chi connectivity index (χ0n) is 12.6. The number of amides is 1. The van der Waals surface area contributed by atoms with Gasteiger partial charge in [-0.3, -0.25) is 4.79 Å². The summed E-state index contributed by atoms with van der Waals surface area (Å²) < 4.78 is 0. The third-order valence-electron chi connectivity index (χ3n) is 4.03. The Kier molecular flexibility index (Phi) is 4.69. The van der Waals surface area contributed by atoms with Crippen molar-refractivity contribution in [3.63, 3.8) is 0 Å². The molecule has 0 aliphatic heterocycles. The summed E-state index contributed by atoms with van der Waals surface area (Å²) in [5.41, 5.74) is 5.37. The Morgan fingerprint density at radius 1 is 1.13 bits per heavy atom. The molecule has 23 heavy (non-hydrogen) atoms. The molecule has 1 aliphatic rings. The highest BCUT2D eigenvalue weighted by molar-refractivity contribution is 6.42. The quantitative estimate of drug-likeness (QED) is 0.635. The number of hydrazone groups is 1. The largest absolute Gasteiger partial charge is 0.273 e. The van der Waals surface area contributed by atoms with Gasteiger partial charge < -0.3 is 0 Å². The van der Waals surface area contributed by atoms with Gasteiger partial charge in [0.25, 0.3) is 0 Å². The Morgan fingerprint density at radius 3 is 2.57 bits per heavy atom. The predicted octanol–water partition coefficient (Wildman–Crippen LogP) is 4.64. The lowest BCUT2D eigenvalue weighted by Crippen LogP contribution is -2.21. The Labute approximate surface area is 145 Å². The molecule has 0 radical (unpaired) electrons. The lowest BCUT2D eigenvalue weighted by molar-refractivity contribution is -0.122. The normalized spacial score (nSPS) is 20.2. The van der Waals surface area contributed by atoms with E-state index in [4.69, 9.17) is 23.2 Å². The van der Waals surface area contributed by atoms with Crippen LogP contribution >= 0.6 is 23.2 Å². The summed E-state index contributed by atoms with van der Waals surface area (Å²) in [6.07, 6.45) is 0.872. The van der Waals surface area contributed by atoms with Crippen LogP contribution in [0.25, 0.3) is 0 Å². The molecule has 1 fully saturated rings. The van der Waals surface area contributed by atoms with Crippen LogP contribution in [0.5, 0.6) is 0 Å². The summed E-state index contributed by atoms with van der Waals surface area (Å²) in [5, 5.41) is 5.13. The van der Waals surface area contributed by atoms with Crippen LogP contribution < -0.4 is 5.43 Å². The zero-order chi connectivity index (χ0) is 16.4. The molecule has 118 valence electrons. The second kappa shape index (κ2) is 6.73. The lowest BCUT2D eigenvalue weighted by atomic mass is 10.1. The molecule has 3 rings (SSSR count). The highest BCUT2D eigenvalue weighted by atomic mass is 35.5. The number of nitrogens with zero attached hydrogens (tertiary/aromatic N) is 1. The molecular formula is C18H16Cl2N2O. The maximum atomic E-state index is 12.2. The molecule has 0 spiro atoms. The topological polar surface area (TPSA) is 41.5 Å². The number of nitrogens with one attached hydrogen (secondary N) is 1. The number of hydrogen-bond donors (Lipinski definition) is 1. The number of halogens is 2. The first-order valence-corrected chi connectivity index (χ1v) is 8.16. The Hall–Kier alpha value is -1.84. The Balaban J connectivity index is 1.61. The van der Waals surface area contributed by atoms with Gasteiger partial charge in [-0.15, -0.1) is 0 Å². The minimum Gasteiger partial charge on any atom is -0.273 e. The maximum absolute atomic E-state index is 12.2. The molecule has 0 aromatic heterocycles. The summed E-state index contributed by atoms with van der Waals surface area (Å²) in [4.78, 5) is 12.2. The molecular weight excluding hydrogens is 331 g/mol. The maximum Gasteiger partial charge on any atom is 0.243 e. The molecule has 1 saturated carbocycles. The highest BCUT2D eigenvalue weighted by Crippen LogP contribution is 2.47. The SMILES string of the molecule is C/C(=N/NC(=O)[C@@H]1C[C@@H]1c1ccccc1)c1ccc(Cl)c(Cl)c1. The zero-order valence-corrected chi connectivity index (χ0v) is 14.1. The molecule has 0 bridgehead atoms. The average Bonchev–Trinajstić information content (AvgIpc) is 3.36. The Bertz CT molecular complexity index is 759. The van der Waals surface area contributed by atoms with E-state index in [0.717, 1.165) is 12.0 Å². The van der Waals surface area contributed by atoms with Crippen molar-refractivity contribution in [1.29, 1.82) is 0 Å². The summed E-state index contributed by atoms with van der Waals surface area (Å²) in [6, 6.07) is 15.4. The predicted molar refractivity (Wildman–Crippen MR) is 94.1 cm³/mol. The molecule has 2 aromatic carbocycles. The van der Waals surface area contributed by atoms with Gasteiger partial charge in [0.1, 0.15) is 0 Å². The van der Waals surface area contributed by atoms with E-state index in [1.165, 1.54) is 5.56 Å². The first kappa shape index (κ1) is 16.0.